The maximum absolute atomic E-state index is 10.8. The summed E-state index contributed by atoms with van der Waals surface area (Å²) in [6, 6.07) is 12.7. The van der Waals surface area contributed by atoms with Crippen molar-refractivity contribution in [2.45, 2.75) is 17.9 Å². The van der Waals surface area contributed by atoms with E-state index in [1.165, 1.54) is 11.8 Å². The molecule has 0 fully saturated rings. The number of hydrogen-bond acceptors (Lipinski definition) is 4. The Morgan fingerprint density at radius 1 is 1.24 bits per heavy atom. The summed E-state index contributed by atoms with van der Waals surface area (Å²) in [5, 5.41) is 9.49. The maximum atomic E-state index is 10.8. The van der Waals surface area contributed by atoms with Crippen LogP contribution in [0.15, 0.2) is 52.1 Å². The molecule has 0 bridgehead atoms. The van der Waals surface area contributed by atoms with Gasteiger partial charge < -0.3 is 9.52 Å². The van der Waals surface area contributed by atoms with E-state index in [0.29, 0.717) is 16.5 Å². The number of rotatable bonds is 4. The Bertz CT molecular complexity index is 793. The van der Waals surface area contributed by atoms with E-state index in [1.807, 2.05) is 37.3 Å². The molecule has 3 aromatic rings. The molecule has 0 amide bonds. The van der Waals surface area contributed by atoms with E-state index in [9.17, 15) is 4.79 Å². The van der Waals surface area contributed by atoms with E-state index >= 15 is 0 Å². The fraction of sp³-hybridized carbons (Fsp3) is 0.125. The molecule has 1 heterocycles. The molecule has 1 aromatic heterocycles. The molecule has 106 valence electrons. The normalized spacial score (nSPS) is 10.9. The Labute approximate surface area is 125 Å². The zero-order valence-corrected chi connectivity index (χ0v) is 12.2. The predicted molar refractivity (Wildman–Crippen MR) is 81.7 cm³/mol. The number of fused-ring (bicyclic) bond motifs is 1. The molecular weight excluding hydrogens is 286 g/mol. The van der Waals surface area contributed by atoms with Gasteiger partial charge in [0.15, 0.2) is 5.58 Å². The third-order valence-corrected chi connectivity index (χ3v) is 4.06. The zero-order valence-electron chi connectivity index (χ0n) is 11.4. The molecule has 0 spiro atoms. The van der Waals surface area contributed by atoms with Gasteiger partial charge in [-0.3, -0.25) is 0 Å². The van der Waals surface area contributed by atoms with Crippen molar-refractivity contribution in [1.29, 1.82) is 0 Å². The number of nitrogens with zero attached hydrogens (tertiary/aromatic N) is 1. The van der Waals surface area contributed by atoms with Crippen molar-refractivity contribution in [3.63, 3.8) is 0 Å². The highest BCUT2D eigenvalue weighted by molar-refractivity contribution is 7.98. The molecule has 21 heavy (non-hydrogen) atoms. The Morgan fingerprint density at radius 2 is 2.00 bits per heavy atom. The minimum Gasteiger partial charge on any atom is -0.478 e. The van der Waals surface area contributed by atoms with E-state index in [4.69, 9.17) is 9.52 Å². The van der Waals surface area contributed by atoms with Gasteiger partial charge in [-0.25, -0.2) is 9.78 Å². The number of para-hydroxylation sites is 1. The average Bonchev–Trinajstić information content (AvgIpc) is 2.90. The highest BCUT2D eigenvalue weighted by atomic mass is 32.2. The summed E-state index contributed by atoms with van der Waals surface area (Å²) in [5.41, 5.74) is 4.10. The smallest absolute Gasteiger partial charge is 0.335 e. The number of benzene rings is 2. The number of aromatic carboxylic acids is 1. The van der Waals surface area contributed by atoms with Gasteiger partial charge in [0.25, 0.3) is 5.22 Å². The first-order chi connectivity index (χ1) is 10.1. The monoisotopic (exact) mass is 299 g/mol. The third kappa shape index (κ3) is 2.92. The summed E-state index contributed by atoms with van der Waals surface area (Å²) in [5.74, 6) is -0.227. The SMILES string of the molecule is Cc1cccc2oc(SCc3ccc(C(=O)O)cc3)nc12. The van der Waals surface area contributed by atoms with Crippen LogP contribution in [-0.4, -0.2) is 16.1 Å². The Hall–Kier alpha value is -2.27. The molecule has 0 radical (unpaired) electrons. The second kappa shape index (κ2) is 5.61. The number of hydrogen-bond donors (Lipinski definition) is 1. The number of carboxylic acids is 1. The second-order valence-electron chi connectivity index (χ2n) is 4.69. The van der Waals surface area contributed by atoms with Crippen molar-refractivity contribution in [2.75, 3.05) is 0 Å². The van der Waals surface area contributed by atoms with Crippen LogP contribution in [0.25, 0.3) is 11.1 Å². The van der Waals surface area contributed by atoms with Crippen molar-refractivity contribution < 1.29 is 14.3 Å². The van der Waals surface area contributed by atoms with Gasteiger partial charge in [0, 0.05) is 5.75 Å². The topological polar surface area (TPSA) is 63.3 Å². The zero-order chi connectivity index (χ0) is 14.8. The molecule has 3 rings (SSSR count). The quantitative estimate of drug-likeness (QED) is 0.734. The van der Waals surface area contributed by atoms with Gasteiger partial charge in [0.1, 0.15) is 5.52 Å². The van der Waals surface area contributed by atoms with Crippen molar-refractivity contribution in [3.8, 4) is 0 Å². The maximum Gasteiger partial charge on any atom is 0.335 e. The predicted octanol–water partition coefficient (Wildman–Crippen LogP) is 4.13. The summed E-state index contributed by atoms with van der Waals surface area (Å²) < 4.78 is 5.69. The molecule has 1 N–H and O–H groups in total. The van der Waals surface area contributed by atoms with E-state index in [-0.39, 0.29) is 0 Å². The van der Waals surface area contributed by atoms with Crippen LogP contribution in [0.2, 0.25) is 0 Å². The van der Waals surface area contributed by atoms with Crippen LogP contribution < -0.4 is 0 Å². The van der Waals surface area contributed by atoms with Crippen molar-refractivity contribution in [2.24, 2.45) is 0 Å². The van der Waals surface area contributed by atoms with Crippen LogP contribution >= 0.6 is 11.8 Å². The first-order valence-corrected chi connectivity index (χ1v) is 7.43. The van der Waals surface area contributed by atoms with Gasteiger partial charge in [0.2, 0.25) is 0 Å². The molecular formula is C16H13NO3S. The number of carbonyl (C=O) groups is 1. The Kier molecular flexibility index (Phi) is 3.66. The van der Waals surface area contributed by atoms with Crippen LogP contribution in [0.3, 0.4) is 0 Å². The lowest BCUT2D eigenvalue weighted by Gasteiger charge is -1.99. The largest absolute Gasteiger partial charge is 0.478 e. The lowest BCUT2D eigenvalue weighted by molar-refractivity contribution is 0.0697. The summed E-state index contributed by atoms with van der Waals surface area (Å²) in [6.07, 6.45) is 0. The molecule has 0 aliphatic rings. The van der Waals surface area contributed by atoms with Crippen molar-refractivity contribution in [1.82, 2.24) is 4.98 Å². The number of oxazole rings is 1. The molecule has 0 saturated heterocycles. The fourth-order valence-electron chi connectivity index (χ4n) is 2.02. The molecule has 0 aliphatic carbocycles. The fourth-order valence-corrected chi connectivity index (χ4v) is 2.80. The molecule has 0 unspecified atom stereocenters. The number of carboxylic acid groups (broad SMARTS) is 1. The minimum atomic E-state index is -0.913. The van der Waals surface area contributed by atoms with Crippen LogP contribution in [-0.2, 0) is 5.75 Å². The minimum absolute atomic E-state index is 0.293. The highest BCUT2D eigenvalue weighted by Gasteiger charge is 2.08. The van der Waals surface area contributed by atoms with Crippen molar-refractivity contribution >= 4 is 28.8 Å². The molecule has 0 aliphatic heterocycles. The van der Waals surface area contributed by atoms with E-state index < -0.39 is 5.97 Å². The molecule has 5 heteroatoms. The lowest BCUT2D eigenvalue weighted by Crippen LogP contribution is -1.95. The molecule has 0 atom stereocenters. The van der Waals surface area contributed by atoms with Gasteiger partial charge in [0.05, 0.1) is 5.56 Å². The summed E-state index contributed by atoms with van der Waals surface area (Å²) >= 11 is 1.50. The van der Waals surface area contributed by atoms with Gasteiger partial charge in [-0.15, -0.1) is 0 Å². The summed E-state index contributed by atoms with van der Waals surface area (Å²) in [4.78, 5) is 15.3. The lowest BCUT2D eigenvalue weighted by atomic mass is 10.1. The van der Waals surface area contributed by atoms with Crippen LogP contribution in [0.5, 0.6) is 0 Å². The van der Waals surface area contributed by atoms with Crippen LogP contribution in [0, 0.1) is 6.92 Å². The Morgan fingerprint density at radius 3 is 2.67 bits per heavy atom. The summed E-state index contributed by atoms with van der Waals surface area (Å²) in [6.45, 7) is 2.00. The van der Waals surface area contributed by atoms with E-state index in [2.05, 4.69) is 4.98 Å². The van der Waals surface area contributed by atoms with Gasteiger partial charge in [-0.1, -0.05) is 36.0 Å². The first-order valence-electron chi connectivity index (χ1n) is 6.44. The average molecular weight is 299 g/mol. The third-order valence-electron chi connectivity index (χ3n) is 3.16. The Balaban J connectivity index is 1.74. The molecule has 4 nitrogen and oxygen atoms in total. The standard InChI is InChI=1S/C16H13NO3S/c1-10-3-2-4-13-14(10)17-16(20-13)21-9-11-5-7-12(8-6-11)15(18)19/h2-8H,9H2,1H3,(H,18,19). The highest BCUT2D eigenvalue weighted by Crippen LogP contribution is 2.27. The van der Waals surface area contributed by atoms with E-state index in [1.54, 1.807) is 12.1 Å². The van der Waals surface area contributed by atoms with E-state index in [0.717, 1.165) is 22.2 Å². The van der Waals surface area contributed by atoms with Crippen molar-refractivity contribution in [3.05, 3.63) is 59.2 Å². The number of aryl methyl sites for hydroxylation is 1. The van der Waals surface area contributed by atoms with Gasteiger partial charge in [-0.2, -0.15) is 0 Å². The van der Waals surface area contributed by atoms with Crippen LogP contribution in [0.4, 0.5) is 0 Å². The second-order valence-corrected chi connectivity index (χ2v) is 5.62. The first kappa shape index (κ1) is 13.7. The number of aromatic nitrogens is 1. The molecule has 0 saturated carbocycles. The number of thioether (sulfide) groups is 1. The van der Waals surface area contributed by atoms with Crippen LogP contribution in [0.1, 0.15) is 21.5 Å². The van der Waals surface area contributed by atoms with Gasteiger partial charge >= 0.3 is 5.97 Å². The summed E-state index contributed by atoms with van der Waals surface area (Å²) in [7, 11) is 0. The molecule has 2 aromatic carbocycles. The van der Waals surface area contributed by atoms with Gasteiger partial charge in [-0.05, 0) is 36.2 Å².